The Hall–Kier alpha value is -2.40. The number of piperidine rings is 1. The van der Waals surface area contributed by atoms with E-state index < -0.39 is 0 Å². The number of rotatable bonds is 5. The van der Waals surface area contributed by atoms with Crippen LogP contribution in [-0.2, 0) is 11.2 Å². The molecule has 160 valence electrons. The highest BCUT2D eigenvalue weighted by atomic mass is 19.1. The van der Waals surface area contributed by atoms with Gasteiger partial charge in [0.2, 0.25) is 5.91 Å². The zero-order chi connectivity index (χ0) is 20.9. The van der Waals surface area contributed by atoms with Gasteiger partial charge in [0.15, 0.2) is 0 Å². The number of likely N-dealkylation sites (tertiary alicyclic amines) is 1. The van der Waals surface area contributed by atoms with Crippen LogP contribution in [0, 0.1) is 12.7 Å². The summed E-state index contributed by atoms with van der Waals surface area (Å²) in [7, 11) is 0. The van der Waals surface area contributed by atoms with Crippen LogP contribution in [0.15, 0.2) is 48.5 Å². The van der Waals surface area contributed by atoms with E-state index in [1.165, 1.54) is 23.3 Å². The Morgan fingerprint density at radius 1 is 0.967 bits per heavy atom. The molecule has 2 aromatic carbocycles. The number of carbonyl (C=O) groups excluding carboxylic acids is 1. The number of aryl methyl sites for hydroxylation is 2. The topological polar surface area (TPSA) is 26.8 Å². The van der Waals surface area contributed by atoms with E-state index in [1.807, 2.05) is 12.1 Å². The molecule has 0 bridgehead atoms. The zero-order valence-corrected chi connectivity index (χ0v) is 17.9. The van der Waals surface area contributed by atoms with E-state index in [0.717, 1.165) is 64.2 Å². The number of benzene rings is 2. The smallest absolute Gasteiger partial charge is 0.222 e. The summed E-state index contributed by atoms with van der Waals surface area (Å²) in [5, 5.41) is 0. The van der Waals surface area contributed by atoms with Crippen molar-refractivity contribution in [2.75, 3.05) is 44.2 Å². The molecule has 0 spiro atoms. The fourth-order valence-electron chi connectivity index (χ4n) is 4.64. The minimum atomic E-state index is -0.188. The van der Waals surface area contributed by atoms with E-state index in [9.17, 15) is 9.18 Å². The number of carbonyl (C=O) groups is 1. The number of anilines is 1. The molecule has 0 N–H and O–H groups in total. The van der Waals surface area contributed by atoms with Crippen molar-refractivity contribution < 1.29 is 9.18 Å². The Morgan fingerprint density at radius 2 is 1.67 bits per heavy atom. The Morgan fingerprint density at radius 3 is 2.37 bits per heavy atom. The molecule has 1 amide bonds. The summed E-state index contributed by atoms with van der Waals surface area (Å²) >= 11 is 0. The van der Waals surface area contributed by atoms with E-state index in [0.29, 0.717) is 12.5 Å². The highest BCUT2D eigenvalue weighted by Gasteiger charge is 2.29. The molecule has 2 aromatic rings. The molecule has 0 aliphatic carbocycles. The highest BCUT2D eigenvalue weighted by Crippen LogP contribution is 2.22. The Bertz CT molecular complexity index is 828. The quantitative estimate of drug-likeness (QED) is 0.750. The van der Waals surface area contributed by atoms with Crippen molar-refractivity contribution in [3.05, 3.63) is 65.5 Å². The van der Waals surface area contributed by atoms with Gasteiger partial charge in [0, 0.05) is 57.4 Å². The second-order valence-corrected chi connectivity index (χ2v) is 8.62. The molecule has 0 radical (unpaired) electrons. The van der Waals surface area contributed by atoms with Crippen LogP contribution in [-0.4, -0.2) is 61.0 Å². The molecular weight excluding hydrogens is 377 g/mol. The molecule has 2 heterocycles. The van der Waals surface area contributed by atoms with E-state index >= 15 is 0 Å². The van der Waals surface area contributed by atoms with Crippen LogP contribution in [0.5, 0.6) is 0 Å². The van der Waals surface area contributed by atoms with Gasteiger partial charge in [0.05, 0.1) is 0 Å². The lowest BCUT2D eigenvalue weighted by Gasteiger charge is -2.44. The van der Waals surface area contributed by atoms with Gasteiger partial charge >= 0.3 is 0 Å². The number of hydrogen-bond acceptors (Lipinski definition) is 3. The van der Waals surface area contributed by atoms with Gasteiger partial charge in [-0.05, 0) is 56.0 Å². The second-order valence-electron chi connectivity index (χ2n) is 8.62. The van der Waals surface area contributed by atoms with E-state index in [2.05, 4.69) is 45.9 Å². The lowest BCUT2D eigenvalue weighted by Crippen LogP contribution is -2.55. The van der Waals surface area contributed by atoms with Crippen LogP contribution in [0.25, 0.3) is 0 Å². The molecule has 2 aliphatic rings. The molecule has 2 fully saturated rings. The molecule has 2 saturated heterocycles. The monoisotopic (exact) mass is 409 g/mol. The van der Waals surface area contributed by atoms with Crippen molar-refractivity contribution in [2.24, 2.45) is 0 Å². The minimum Gasteiger partial charge on any atom is -0.369 e. The third-order valence-corrected chi connectivity index (χ3v) is 6.52. The molecule has 0 unspecified atom stereocenters. The normalized spacial score (nSPS) is 20.4. The first-order valence-corrected chi connectivity index (χ1v) is 11.2. The maximum Gasteiger partial charge on any atom is 0.222 e. The number of amides is 1. The first-order chi connectivity index (χ1) is 14.6. The largest absolute Gasteiger partial charge is 0.369 e. The first-order valence-electron chi connectivity index (χ1n) is 11.2. The van der Waals surface area contributed by atoms with Gasteiger partial charge in [-0.2, -0.15) is 0 Å². The van der Waals surface area contributed by atoms with Crippen molar-refractivity contribution in [3.8, 4) is 0 Å². The van der Waals surface area contributed by atoms with Crippen molar-refractivity contribution in [1.82, 2.24) is 9.80 Å². The summed E-state index contributed by atoms with van der Waals surface area (Å²) in [4.78, 5) is 19.7. The van der Waals surface area contributed by atoms with Crippen LogP contribution in [0.2, 0.25) is 0 Å². The maximum atomic E-state index is 13.2. The van der Waals surface area contributed by atoms with E-state index in [-0.39, 0.29) is 11.7 Å². The number of hydrogen-bond donors (Lipinski definition) is 0. The highest BCUT2D eigenvalue weighted by molar-refractivity contribution is 5.76. The predicted molar refractivity (Wildman–Crippen MR) is 119 cm³/mol. The molecule has 30 heavy (non-hydrogen) atoms. The van der Waals surface area contributed by atoms with Crippen LogP contribution >= 0.6 is 0 Å². The molecule has 2 aliphatic heterocycles. The SMILES string of the molecule is Cc1ccc(CCC(=O)N2CCC[C@H](N3CCN(c4ccc(F)cc4)CC3)C2)cc1. The molecule has 4 nitrogen and oxygen atoms in total. The molecule has 0 aromatic heterocycles. The summed E-state index contributed by atoms with van der Waals surface area (Å²) < 4.78 is 13.2. The molecular formula is C25H32FN3O. The molecule has 4 rings (SSSR count). The van der Waals surface area contributed by atoms with Gasteiger partial charge in [0.1, 0.15) is 5.82 Å². The van der Waals surface area contributed by atoms with Crippen molar-refractivity contribution in [3.63, 3.8) is 0 Å². The lowest BCUT2D eigenvalue weighted by atomic mass is 10.0. The third-order valence-electron chi connectivity index (χ3n) is 6.52. The van der Waals surface area contributed by atoms with Gasteiger partial charge in [-0.25, -0.2) is 4.39 Å². The van der Waals surface area contributed by atoms with Crippen molar-refractivity contribution in [2.45, 2.75) is 38.6 Å². The van der Waals surface area contributed by atoms with Gasteiger partial charge in [-0.3, -0.25) is 9.69 Å². The Balaban J connectivity index is 1.26. The number of nitrogens with zero attached hydrogens (tertiary/aromatic N) is 3. The van der Waals surface area contributed by atoms with Crippen molar-refractivity contribution >= 4 is 11.6 Å². The average Bonchev–Trinajstić information content (AvgIpc) is 2.79. The third kappa shape index (κ3) is 5.20. The van der Waals surface area contributed by atoms with Gasteiger partial charge in [-0.15, -0.1) is 0 Å². The Kier molecular flexibility index (Phi) is 6.68. The second kappa shape index (κ2) is 9.61. The molecule has 1 atom stereocenters. The zero-order valence-electron chi connectivity index (χ0n) is 17.9. The summed E-state index contributed by atoms with van der Waals surface area (Å²) in [5.74, 6) is 0.0944. The lowest BCUT2D eigenvalue weighted by molar-refractivity contribution is -0.133. The predicted octanol–water partition coefficient (Wildman–Crippen LogP) is 3.88. The van der Waals surface area contributed by atoms with E-state index in [1.54, 1.807) is 0 Å². The average molecular weight is 410 g/mol. The van der Waals surface area contributed by atoms with Gasteiger partial charge in [0.25, 0.3) is 0 Å². The van der Waals surface area contributed by atoms with Crippen LogP contribution < -0.4 is 4.90 Å². The Labute approximate surface area is 179 Å². The standard InChI is InChI=1S/C25H32FN3O/c1-20-4-6-21(7-5-20)8-13-25(30)29-14-2-3-24(19-29)28-17-15-27(16-18-28)23-11-9-22(26)10-12-23/h4-7,9-12,24H,2-3,8,13-19H2,1H3/t24-/m0/s1. The van der Waals surface area contributed by atoms with Gasteiger partial charge < -0.3 is 9.80 Å². The van der Waals surface area contributed by atoms with E-state index in [4.69, 9.17) is 0 Å². The van der Waals surface area contributed by atoms with Crippen LogP contribution in [0.3, 0.4) is 0 Å². The first kappa shape index (κ1) is 20.9. The molecule has 0 saturated carbocycles. The van der Waals surface area contributed by atoms with Gasteiger partial charge in [-0.1, -0.05) is 29.8 Å². The summed E-state index contributed by atoms with van der Waals surface area (Å²) in [6.07, 6.45) is 3.65. The van der Waals surface area contributed by atoms with Crippen molar-refractivity contribution in [1.29, 1.82) is 0 Å². The minimum absolute atomic E-state index is 0.188. The fourth-order valence-corrected chi connectivity index (χ4v) is 4.64. The summed E-state index contributed by atoms with van der Waals surface area (Å²) in [6, 6.07) is 15.7. The number of piperazine rings is 1. The maximum absolute atomic E-state index is 13.2. The number of halogens is 1. The van der Waals surface area contributed by atoms with Crippen LogP contribution in [0.4, 0.5) is 10.1 Å². The summed E-state index contributed by atoms with van der Waals surface area (Å²) in [5.41, 5.74) is 3.58. The fraction of sp³-hybridized carbons (Fsp3) is 0.480. The molecule has 5 heteroatoms. The summed E-state index contributed by atoms with van der Waals surface area (Å²) in [6.45, 7) is 7.71. The van der Waals surface area contributed by atoms with Crippen LogP contribution in [0.1, 0.15) is 30.4 Å².